The van der Waals surface area contributed by atoms with Crippen molar-refractivity contribution in [3.63, 3.8) is 0 Å². The van der Waals surface area contributed by atoms with Gasteiger partial charge in [0.05, 0.1) is 11.8 Å². The van der Waals surface area contributed by atoms with E-state index in [0.29, 0.717) is 23.2 Å². The van der Waals surface area contributed by atoms with E-state index in [1.165, 1.54) is 0 Å². The molecule has 6 nitrogen and oxygen atoms in total. The Bertz CT molecular complexity index is 776. The number of hydrogen-bond acceptors (Lipinski definition) is 5. The normalized spacial score (nSPS) is 29.2. The average Bonchev–Trinajstić information content (AvgIpc) is 3.27. The Hall–Kier alpha value is -1.31. The van der Waals surface area contributed by atoms with Gasteiger partial charge in [0.15, 0.2) is 0 Å². The van der Waals surface area contributed by atoms with Gasteiger partial charge in [-0.1, -0.05) is 6.07 Å². The first-order chi connectivity index (χ1) is 12.4. The van der Waals surface area contributed by atoms with E-state index < -0.39 is 10.0 Å². The molecule has 2 aliphatic heterocycles. The summed E-state index contributed by atoms with van der Waals surface area (Å²) in [6, 6.07) is 6.28. The van der Waals surface area contributed by atoms with Crippen LogP contribution in [0.3, 0.4) is 0 Å². The van der Waals surface area contributed by atoms with E-state index in [0.717, 1.165) is 44.5 Å². The molecular weight excluding hydrogens is 350 g/mol. The highest BCUT2D eigenvalue weighted by Crippen LogP contribution is 2.42. The minimum absolute atomic E-state index is 0.00820. The zero-order valence-electron chi connectivity index (χ0n) is 15.9. The molecule has 1 saturated heterocycles. The molecule has 0 N–H and O–H groups in total. The topological polar surface area (TPSA) is 53.1 Å². The molecule has 1 saturated carbocycles. The molecule has 7 heteroatoms. The van der Waals surface area contributed by atoms with Crippen LogP contribution < -0.4 is 9.64 Å². The number of likely N-dealkylation sites (N-methyl/N-ethyl adjacent to an activating group) is 1. The van der Waals surface area contributed by atoms with Crippen LogP contribution in [0, 0.1) is 0 Å². The molecule has 3 aliphatic rings. The van der Waals surface area contributed by atoms with E-state index in [-0.39, 0.29) is 12.1 Å². The minimum atomic E-state index is -3.56. The van der Waals surface area contributed by atoms with Crippen LogP contribution in [0.2, 0.25) is 0 Å². The number of anilines is 1. The van der Waals surface area contributed by atoms with Crippen molar-refractivity contribution >= 4 is 15.7 Å². The number of fused-ring (bicyclic) bond motifs is 1. The van der Waals surface area contributed by atoms with E-state index in [1.54, 1.807) is 4.31 Å². The molecule has 144 valence electrons. The highest BCUT2D eigenvalue weighted by Gasteiger charge is 2.42. The summed E-state index contributed by atoms with van der Waals surface area (Å²) >= 11 is 0. The largest absolute Gasteiger partial charge is 0.489 e. The van der Waals surface area contributed by atoms with Crippen molar-refractivity contribution in [3.05, 3.63) is 18.2 Å². The predicted molar refractivity (Wildman–Crippen MR) is 102 cm³/mol. The molecule has 26 heavy (non-hydrogen) atoms. The van der Waals surface area contributed by atoms with Gasteiger partial charge in [-0.15, -0.1) is 0 Å². The Morgan fingerprint density at radius 3 is 2.54 bits per heavy atom. The third-order valence-electron chi connectivity index (χ3n) is 5.80. The smallest absolute Gasteiger partial charge is 0.249 e. The molecule has 1 aliphatic carbocycles. The van der Waals surface area contributed by atoms with Crippen LogP contribution in [-0.4, -0.2) is 69.5 Å². The fourth-order valence-corrected chi connectivity index (χ4v) is 6.07. The van der Waals surface area contributed by atoms with E-state index in [4.69, 9.17) is 4.74 Å². The highest BCUT2D eigenvalue weighted by atomic mass is 32.2. The molecule has 0 radical (unpaired) electrons. The number of benzene rings is 1. The van der Waals surface area contributed by atoms with Crippen molar-refractivity contribution < 1.29 is 13.2 Å². The quantitative estimate of drug-likeness (QED) is 0.806. The van der Waals surface area contributed by atoms with Gasteiger partial charge < -0.3 is 14.5 Å². The summed E-state index contributed by atoms with van der Waals surface area (Å²) in [5, 5.41) is 0. The summed E-state index contributed by atoms with van der Waals surface area (Å²) in [4.78, 5) is 4.80. The van der Waals surface area contributed by atoms with Gasteiger partial charge in [0.1, 0.15) is 10.6 Å². The Labute approximate surface area is 156 Å². The SMILES string of the molecule is C[C@@H]1CCN(C2CC2)S(=O)(=O)c2c(cccc2N2CC[C@H](N(C)C)C2)O1. The summed E-state index contributed by atoms with van der Waals surface area (Å²) < 4.78 is 34.9. The van der Waals surface area contributed by atoms with Crippen molar-refractivity contribution in [3.8, 4) is 5.75 Å². The van der Waals surface area contributed by atoms with E-state index in [1.807, 2.05) is 25.1 Å². The third kappa shape index (κ3) is 3.21. The summed E-state index contributed by atoms with van der Waals surface area (Å²) in [7, 11) is 0.611. The number of sulfonamides is 1. The van der Waals surface area contributed by atoms with Gasteiger partial charge in [0, 0.05) is 31.7 Å². The van der Waals surface area contributed by atoms with Gasteiger partial charge in [-0.05, 0) is 58.8 Å². The summed E-state index contributed by atoms with van der Waals surface area (Å²) in [5.41, 5.74) is 0.798. The summed E-state index contributed by atoms with van der Waals surface area (Å²) in [6.45, 7) is 4.28. The molecule has 4 rings (SSSR count). The first kappa shape index (κ1) is 18.1. The van der Waals surface area contributed by atoms with Gasteiger partial charge in [-0.3, -0.25) is 0 Å². The average molecular weight is 380 g/mol. The predicted octanol–water partition coefficient (Wildman–Crippen LogP) is 2.15. The Balaban J connectivity index is 1.78. The Morgan fingerprint density at radius 1 is 1.12 bits per heavy atom. The lowest BCUT2D eigenvalue weighted by Crippen LogP contribution is -2.39. The molecule has 1 aromatic carbocycles. The molecule has 0 bridgehead atoms. The van der Waals surface area contributed by atoms with E-state index in [9.17, 15) is 8.42 Å². The second kappa shape index (κ2) is 6.69. The number of nitrogens with zero attached hydrogens (tertiary/aromatic N) is 3. The van der Waals surface area contributed by atoms with Gasteiger partial charge in [-0.25, -0.2) is 8.42 Å². The summed E-state index contributed by atoms with van der Waals surface area (Å²) in [5.74, 6) is 0.508. The second-order valence-electron chi connectivity index (χ2n) is 8.02. The Morgan fingerprint density at radius 2 is 1.88 bits per heavy atom. The number of ether oxygens (including phenoxy) is 1. The van der Waals surface area contributed by atoms with Crippen molar-refractivity contribution in [2.45, 2.75) is 55.7 Å². The van der Waals surface area contributed by atoms with E-state index >= 15 is 0 Å². The molecule has 2 heterocycles. The molecular formula is C19H29N3O3S. The van der Waals surface area contributed by atoms with Crippen molar-refractivity contribution in [1.82, 2.24) is 9.21 Å². The van der Waals surface area contributed by atoms with E-state index in [2.05, 4.69) is 23.9 Å². The maximum Gasteiger partial charge on any atom is 0.249 e. The van der Waals surface area contributed by atoms with Crippen LogP contribution in [0.1, 0.15) is 32.6 Å². The maximum atomic E-state index is 13.6. The fourth-order valence-electron chi connectivity index (χ4n) is 4.05. The second-order valence-corrected chi connectivity index (χ2v) is 9.85. The first-order valence-electron chi connectivity index (χ1n) is 9.61. The fraction of sp³-hybridized carbons (Fsp3) is 0.684. The standard InChI is InChI=1S/C19H29N3O3S/c1-14-9-12-22(15-7-8-15)26(23,24)19-17(5-4-6-18(19)25-14)21-11-10-16(13-21)20(2)3/h4-6,14-16H,7-13H2,1-3H3/t14-,16+/m1/s1. The maximum absolute atomic E-state index is 13.6. The Kier molecular flexibility index (Phi) is 4.65. The third-order valence-corrected chi connectivity index (χ3v) is 7.82. The van der Waals surface area contributed by atoms with Crippen LogP contribution in [0.15, 0.2) is 23.1 Å². The van der Waals surface area contributed by atoms with Crippen LogP contribution in [0.5, 0.6) is 5.75 Å². The van der Waals surface area contributed by atoms with Crippen molar-refractivity contribution in [2.75, 3.05) is 38.6 Å². The van der Waals surface area contributed by atoms with Gasteiger partial charge in [-0.2, -0.15) is 4.31 Å². The van der Waals surface area contributed by atoms with Crippen LogP contribution in [0.25, 0.3) is 0 Å². The molecule has 0 spiro atoms. The van der Waals surface area contributed by atoms with Crippen LogP contribution in [0.4, 0.5) is 5.69 Å². The summed E-state index contributed by atoms with van der Waals surface area (Å²) in [6.07, 6.45) is 3.72. The number of rotatable bonds is 3. The van der Waals surface area contributed by atoms with Gasteiger partial charge in [0.25, 0.3) is 0 Å². The highest BCUT2D eigenvalue weighted by molar-refractivity contribution is 7.89. The lowest BCUT2D eigenvalue weighted by molar-refractivity contribution is 0.186. The molecule has 0 unspecified atom stereocenters. The van der Waals surface area contributed by atoms with Crippen molar-refractivity contribution in [2.24, 2.45) is 0 Å². The van der Waals surface area contributed by atoms with Gasteiger partial charge >= 0.3 is 0 Å². The molecule has 2 atom stereocenters. The monoisotopic (exact) mass is 379 g/mol. The molecule has 1 aromatic rings. The van der Waals surface area contributed by atoms with Crippen LogP contribution in [-0.2, 0) is 10.0 Å². The van der Waals surface area contributed by atoms with Crippen molar-refractivity contribution in [1.29, 1.82) is 0 Å². The lowest BCUT2D eigenvalue weighted by Gasteiger charge is -2.32. The number of hydrogen-bond donors (Lipinski definition) is 0. The minimum Gasteiger partial charge on any atom is -0.489 e. The zero-order chi connectivity index (χ0) is 18.5. The van der Waals surface area contributed by atoms with Crippen LogP contribution >= 0.6 is 0 Å². The molecule has 0 aromatic heterocycles. The molecule has 2 fully saturated rings. The molecule has 0 amide bonds. The lowest BCUT2D eigenvalue weighted by atomic mass is 10.2. The zero-order valence-corrected chi connectivity index (χ0v) is 16.7. The van der Waals surface area contributed by atoms with Gasteiger partial charge in [0.2, 0.25) is 10.0 Å². The first-order valence-corrected chi connectivity index (χ1v) is 11.0.